The maximum absolute atomic E-state index is 14.0. The van der Waals surface area contributed by atoms with Crippen LogP contribution in [0.2, 0.25) is 5.02 Å². The Bertz CT molecular complexity index is 575. The normalized spacial score (nSPS) is 13.9. The number of para-hydroxylation sites is 1. The summed E-state index contributed by atoms with van der Waals surface area (Å²) in [4.78, 5) is 0. The second-order valence-corrected chi connectivity index (χ2v) is 4.75. The van der Waals surface area contributed by atoms with Crippen molar-refractivity contribution in [1.82, 2.24) is 0 Å². The molecule has 0 fully saturated rings. The number of benzene rings is 2. The lowest BCUT2D eigenvalue weighted by Crippen LogP contribution is -2.09. The van der Waals surface area contributed by atoms with Gasteiger partial charge in [0.15, 0.2) is 0 Å². The van der Waals surface area contributed by atoms with E-state index in [-0.39, 0.29) is 5.82 Å². The van der Waals surface area contributed by atoms with Gasteiger partial charge in [-0.2, -0.15) is 0 Å². The third kappa shape index (κ3) is 1.87. The Hall–Kier alpha value is -1.54. The third-order valence-electron chi connectivity index (χ3n) is 3.17. The molecule has 3 rings (SSSR count). The van der Waals surface area contributed by atoms with Gasteiger partial charge in [-0.15, -0.1) is 0 Å². The van der Waals surface area contributed by atoms with E-state index in [4.69, 9.17) is 16.3 Å². The van der Waals surface area contributed by atoms with Crippen LogP contribution in [0, 0.1) is 5.82 Å². The van der Waals surface area contributed by atoms with Gasteiger partial charge in [0.2, 0.25) is 0 Å². The fraction of sp³-hybridized carbons (Fsp3) is 0.200. The van der Waals surface area contributed by atoms with Crippen molar-refractivity contribution in [3.8, 4) is 16.9 Å². The Kier molecular flexibility index (Phi) is 2.96. The molecule has 2 aromatic rings. The highest BCUT2D eigenvalue weighted by atomic mass is 35.5. The van der Waals surface area contributed by atoms with E-state index in [1.54, 1.807) is 12.1 Å². The number of fused-ring (bicyclic) bond motifs is 1. The van der Waals surface area contributed by atoms with Gasteiger partial charge in [-0.05, 0) is 30.5 Å². The zero-order chi connectivity index (χ0) is 12.5. The second-order valence-electron chi connectivity index (χ2n) is 4.34. The predicted molar refractivity (Wildman–Crippen MR) is 70.7 cm³/mol. The Morgan fingerprint density at radius 2 is 1.94 bits per heavy atom. The van der Waals surface area contributed by atoms with Crippen LogP contribution < -0.4 is 4.74 Å². The first-order chi connectivity index (χ1) is 8.77. The largest absolute Gasteiger partial charge is 0.493 e. The Balaban J connectivity index is 2.23. The molecule has 1 aliphatic rings. The number of halogens is 2. The molecule has 0 bridgehead atoms. The molecule has 0 aromatic heterocycles. The van der Waals surface area contributed by atoms with Crippen molar-refractivity contribution in [1.29, 1.82) is 0 Å². The fourth-order valence-corrected chi connectivity index (χ4v) is 2.61. The molecule has 0 saturated carbocycles. The van der Waals surface area contributed by atoms with Gasteiger partial charge >= 0.3 is 0 Å². The van der Waals surface area contributed by atoms with Crippen LogP contribution >= 0.6 is 11.6 Å². The van der Waals surface area contributed by atoms with Crippen molar-refractivity contribution in [3.05, 3.63) is 52.8 Å². The van der Waals surface area contributed by atoms with Gasteiger partial charge in [0.05, 0.1) is 11.6 Å². The maximum Gasteiger partial charge on any atom is 0.132 e. The van der Waals surface area contributed by atoms with Crippen LogP contribution in [-0.2, 0) is 6.42 Å². The SMILES string of the molecule is Fc1cccc(Cl)c1-c1cccc2c1OCCC2. The number of ether oxygens (including phenoxy) is 1. The van der Waals surface area contributed by atoms with Gasteiger partial charge in [0.1, 0.15) is 11.6 Å². The van der Waals surface area contributed by atoms with E-state index in [2.05, 4.69) is 0 Å². The molecule has 0 atom stereocenters. The molecular weight excluding hydrogens is 251 g/mol. The van der Waals surface area contributed by atoms with E-state index in [9.17, 15) is 4.39 Å². The van der Waals surface area contributed by atoms with Crippen molar-refractivity contribution in [2.45, 2.75) is 12.8 Å². The van der Waals surface area contributed by atoms with E-state index in [1.807, 2.05) is 18.2 Å². The standard InChI is InChI=1S/C15H12ClFO/c16-12-7-2-8-13(17)14(12)11-6-1-4-10-5-3-9-18-15(10)11/h1-2,4,6-8H,3,5,9H2. The molecule has 1 heterocycles. The van der Waals surface area contributed by atoms with Crippen LogP contribution in [-0.4, -0.2) is 6.61 Å². The summed E-state index contributed by atoms with van der Waals surface area (Å²) < 4.78 is 19.7. The van der Waals surface area contributed by atoms with Crippen molar-refractivity contribution >= 4 is 11.6 Å². The zero-order valence-corrected chi connectivity index (χ0v) is 10.5. The van der Waals surface area contributed by atoms with Crippen LogP contribution in [0.25, 0.3) is 11.1 Å². The summed E-state index contributed by atoms with van der Waals surface area (Å²) in [6.07, 6.45) is 1.97. The fourth-order valence-electron chi connectivity index (χ4n) is 2.34. The van der Waals surface area contributed by atoms with Gasteiger partial charge < -0.3 is 4.74 Å². The van der Waals surface area contributed by atoms with Gasteiger partial charge in [-0.25, -0.2) is 4.39 Å². The lowest BCUT2D eigenvalue weighted by molar-refractivity contribution is 0.289. The Labute approximate surface area is 110 Å². The first-order valence-corrected chi connectivity index (χ1v) is 6.34. The summed E-state index contributed by atoms with van der Waals surface area (Å²) in [6, 6.07) is 10.5. The van der Waals surface area contributed by atoms with E-state index in [1.165, 1.54) is 6.07 Å². The molecular formula is C15H12ClFO. The summed E-state index contributed by atoms with van der Waals surface area (Å²) in [6.45, 7) is 0.677. The lowest BCUT2D eigenvalue weighted by atomic mass is 9.97. The van der Waals surface area contributed by atoms with Crippen molar-refractivity contribution < 1.29 is 9.13 Å². The maximum atomic E-state index is 14.0. The summed E-state index contributed by atoms with van der Waals surface area (Å²) in [5.74, 6) is 0.459. The second kappa shape index (κ2) is 4.62. The minimum atomic E-state index is -0.315. The summed E-state index contributed by atoms with van der Waals surface area (Å²) in [7, 11) is 0. The van der Waals surface area contributed by atoms with Crippen LogP contribution in [0.15, 0.2) is 36.4 Å². The van der Waals surface area contributed by atoms with Gasteiger partial charge in [0.25, 0.3) is 0 Å². The highest BCUT2D eigenvalue weighted by molar-refractivity contribution is 6.33. The average Bonchev–Trinajstić information content (AvgIpc) is 2.39. The number of rotatable bonds is 1. The van der Waals surface area contributed by atoms with E-state index in [0.717, 1.165) is 29.7 Å². The van der Waals surface area contributed by atoms with Crippen LogP contribution in [0.4, 0.5) is 4.39 Å². The summed E-state index contributed by atoms with van der Waals surface area (Å²) >= 11 is 6.11. The zero-order valence-electron chi connectivity index (χ0n) is 9.75. The van der Waals surface area contributed by atoms with Gasteiger partial charge in [-0.3, -0.25) is 0 Å². The highest BCUT2D eigenvalue weighted by Crippen LogP contribution is 2.40. The molecule has 0 radical (unpaired) electrons. The molecule has 2 aromatic carbocycles. The molecule has 92 valence electrons. The first kappa shape index (κ1) is 11.5. The van der Waals surface area contributed by atoms with Crippen LogP contribution in [0.1, 0.15) is 12.0 Å². The van der Waals surface area contributed by atoms with Crippen LogP contribution in [0.5, 0.6) is 5.75 Å². The van der Waals surface area contributed by atoms with Crippen molar-refractivity contribution in [2.75, 3.05) is 6.61 Å². The van der Waals surface area contributed by atoms with E-state index in [0.29, 0.717) is 17.2 Å². The molecule has 3 heteroatoms. The predicted octanol–water partition coefficient (Wildman–Crippen LogP) is 4.47. The minimum Gasteiger partial charge on any atom is -0.493 e. The number of hydrogen-bond acceptors (Lipinski definition) is 1. The molecule has 1 aliphatic heterocycles. The first-order valence-electron chi connectivity index (χ1n) is 5.96. The van der Waals surface area contributed by atoms with Crippen molar-refractivity contribution in [3.63, 3.8) is 0 Å². The minimum absolute atomic E-state index is 0.315. The van der Waals surface area contributed by atoms with E-state index < -0.39 is 0 Å². The Morgan fingerprint density at radius 3 is 2.78 bits per heavy atom. The highest BCUT2D eigenvalue weighted by Gasteiger charge is 2.19. The third-order valence-corrected chi connectivity index (χ3v) is 3.48. The van der Waals surface area contributed by atoms with Crippen LogP contribution in [0.3, 0.4) is 0 Å². The smallest absolute Gasteiger partial charge is 0.132 e. The molecule has 0 aliphatic carbocycles. The molecule has 0 saturated heterocycles. The number of hydrogen-bond donors (Lipinski definition) is 0. The topological polar surface area (TPSA) is 9.23 Å². The quantitative estimate of drug-likeness (QED) is 0.737. The molecule has 18 heavy (non-hydrogen) atoms. The molecule has 0 unspecified atom stereocenters. The molecule has 0 spiro atoms. The number of aryl methyl sites for hydroxylation is 1. The lowest BCUT2D eigenvalue weighted by Gasteiger charge is -2.21. The molecule has 1 nitrogen and oxygen atoms in total. The van der Waals surface area contributed by atoms with Gasteiger partial charge in [-0.1, -0.05) is 35.9 Å². The average molecular weight is 263 g/mol. The van der Waals surface area contributed by atoms with Gasteiger partial charge in [0, 0.05) is 11.1 Å². The summed E-state index contributed by atoms with van der Waals surface area (Å²) in [5.41, 5.74) is 2.30. The summed E-state index contributed by atoms with van der Waals surface area (Å²) in [5, 5.41) is 0.414. The van der Waals surface area contributed by atoms with E-state index >= 15 is 0 Å². The molecule has 0 N–H and O–H groups in total. The monoisotopic (exact) mass is 262 g/mol. The molecule has 0 amide bonds. The Morgan fingerprint density at radius 1 is 1.11 bits per heavy atom. The van der Waals surface area contributed by atoms with Crippen molar-refractivity contribution in [2.24, 2.45) is 0 Å².